The number of nitriles is 2. The molecule has 26 nitrogen and oxygen atoms in total. The van der Waals surface area contributed by atoms with Crippen molar-refractivity contribution in [3.05, 3.63) is 65.2 Å². The Kier molecular flexibility index (Phi) is 19.9. The van der Waals surface area contributed by atoms with Gasteiger partial charge in [-0.2, -0.15) is 15.5 Å². The number of carbonyl (C=O) groups excluding carboxylic acids is 2. The van der Waals surface area contributed by atoms with Crippen LogP contribution in [0.4, 0.5) is 11.8 Å². The molecule has 2 aliphatic heterocycles. The van der Waals surface area contributed by atoms with E-state index in [4.69, 9.17) is 32.0 Å². The van der Waals surface area contributed by atoms with E-state index in [1.54, 1.807) is 48.7 Å². The van der Waals surface area contributed by atoms with Crippen LogP contribution in [0.25, 0.3) is 22.3 Å². The monoisotopic (exact) mass is 1140 g/mol. The van der Waals surface area contributed by atoms with Crippen LogP contribution < -0.4 is 21.3 Å². The zero-order valence-corrected chi connectivity index (χ0v) is 48.4. The lowest BCUT2D eigenvalue weighted by Gasteiger charge is -2.41. The number of aromatic amines is 1. The van der Waals surface area contributed by atoms with Crippen LogP contribution in [-0.4, -0.2) is 138 Å². The highest BCUT2D eigenvalue weighted by Crippen LogP contribution is 2.52. The van der Waals surface area contributed by atoms with Crippen LogP contribution in [0.5, 0.6) is 0 Å². The van der Waals surface area contributed by atoms with E-state index < -0.39 is 91.5 Å². The van der Waals surface area contributed by atoms with Crippen molar-refractivity contribution in [3.63, 3.8) is 0 Å². The number of H-pyrrole nitrogens is 1. The molecule has 6 heterocycles. The molecule has 1 aromatic carbocycles. The molecule has 0 aliphatic carbocycles. The van der Waals surface area contributed by atoms with Crippen LogP contribution in [0, 0.1) is 28.6 Å². The van der Waals surface area contributed by atoms with Crippen molar-refractivity contribution >= 4 is 70.5 Å². The van der Waals surface area contributed by atoms with Gasteiger partial charge in [-0.05, 0) is 58.0 Å². The Morgan fingerprint density at radius 2 is 1.58 bits per heavy atom. The topological polar surface area (TPSA) is 330 Å². The minimum Gasteiger partial charge on any atom is -0.408 e. The second kappa shape index (κ2) is 25.8. The molecule has 5 N–H and O–H groups in total. The van der Waals surface area contributed by atoms with E-state index in [0.717, 1.165) is 0 Å². The summed E-state index contributed by atoms with van der Waals surface area (Å²) in [6.07, 6.45) is -2.41. The number of aliphatic hydroxyl groups is 1. The Morgan fingerprint density at radius 1 is 0.910 bits per heavy atom. The van der Waals surface area contributed by atoms with E-state index in [9.17, 15) is 30.0 Å². The number of aromatic nitrogens is 8. The summed E-state index contributed by atoms with van der Waals surface area (Å²) in [5.74, 6) is -1.19. The number of hydrogen-bond donors (Lipinski definition) is 5. The standard InChI is InChI=1S/C49H70N14O12P2Si/c1-29(2)43(65)58-48-57-42-38(45(67)59-48)55-28-62(42)46-34(64)23-33(73-46)24-72-77(68,71-22-16-20-51)60-36-35(25-70-76(69-21-15-19-50)63(30(3)4)31(5)6)74-47(39(36)75-78(10,11)49(7,8)9)61-27-54-37-40(52-26-53-41(37)61)56-44(66)32-17-13-12-14-18-32/h12-14,17-18,26-31,33-36,39,46-47,64H,15-16,21-25H2,1-11H3,(H,60,68)(H,52,53,56,66)(H2,57,58,59,65,67)/t33-,34+,35+,36+,39+,46+,47+,76?,77?/m0/s1. The van der Waals surface area contributed by atoms with Crippen LogP contribution in [0.15, 0.2) is 54.1 Å². The highest BCUT2D eigenvalue weighted by molar-refractivity contribution is 7.51. The SMILES string of the molecule is CC(C)C(=O)Nc1nc2c(ncn2[C@@H]2O[C@H](COP(=O)(N[C@H]3[C@@H](O[Si](C)(C)C(C)(C)C)[C@H](n4cnc5c(NC(=O)c6ccccc6)ncnc54)O[C@@H]3COP(OCCC#N)N(C(C)C)C(C)C)OCCC#N)C[C@H]2O)c(=O)[nH]1. The minimum absolute atomic E-state index is 0.0294. The van der Waals surface area contributed by atoms with E-state index in [2.05, 4.69) is 90.2 Å². The molecule has 2 aliphatic rings. The van der Waals surface area contributed by atoms with Gasteiger partial charge in [0.1, 0.15) is 24.6 Å². The largest absolute Gasteiger partial charge is 0.408 e. The molecule has 2 saturated heterocycles. The molecule has 9 atom stereocenters. The third-order valence-corrected chi connectivity index (χ3v) is 21.5. The van der Waals surface area contributed by atoms with Gasteiger partial charge >= 0.3 is 7.75 Å². The molecule has 0 saturated carbocycles. The van der Waals surface area contributed by atoms with Crippen molar-refractivity contribution in [2.75, 3.05) is 37.1 Å². The highest BCUT2D eigenvalue weighted by atomic mass is 31.2. The molecule has 5 aromatic rings. The quantitative estimate of drug-likeness (QED) is 0.0222. The van der Waals surface area contributed by atoms with Gasteiger partial charge < -0.3 is 33.4 Å². The summed E-state index contributed by atoms with van der Waals surface area (Å²) in [4.78, 5) is 63.7. The number of ether oxygens (including phenoxy) is 2. The van der Waals surface area contributed by atoms with Gasteiger partial charge in [-0.1, -0.05) is 52.8 Å². The van der Waals surface area contributed by atoms with E-state index in [1.165, 1.54) is 23.5 Å². The Balaban J connectivity index is 1.25. The van der Waals surface area contributed by atoms with Crippen LogP contribution >= 0.6 is 16.3 Å². The molecule has 0 spiro atoms. The summed E-state index contributed by atoms with van der Waals surface area (Å²) in [5, 5.41) is 38.7. The molecule has 7 rings (SSSR count). The molecule has 4 aromatic heterocycles. The molecule has 422 valence electrons. The van der Waals surface area contributed by atoms with Gasteiger partial charge in [0.25, 0.3) is 20.0 Å². The molecule has 2 amide bonds. The fourth-order valence-corrected chi connectivity index (χ4v) is 13.0. The van der Waals surface area contributed by atoms with Gasteiger partial charge in [-0.15, -0.1) is 0 Å². The summed E-state index contributed by atoms with van der Waals surface area (Å²) in [6, 6.07) is 11.6. The van der Waals surface area contributed by atoms with E-state index >= 15 is 4.57 Å². The first-order valence-corrected chi connectivity index (χ1v) is 31.3. The predicted molar refractivity (Wildman–Crippen MR) is 290 cm³/mol. The lowest BCUT2D eigenvalue weighted by atomic mass is 10.1. The summed E-state index contributed by atoms with van der Waals surface area (Å²) in [6.45, 7) is 20.9. The fraction of sp³-hybridized carbons (Fsp3) is 0.592. The highest BCUT2D eigenvalue weighted by Gasteiger charge is 2.54. The van der Waals surface area contributed by atoms with Crippen LogP contribution in [0.2, 0.25) is 18.1 Å². The van der Waals surface area contributed by atoms with Crippen LogP contribution in [-0.2, 0) is 41.4 Å². The van der Waals surface area contributed by atoms with Gasteiger partial charge in [0.05, 0.1) is 76.2 Å². The van der Waals surface area contributed by atoms with Gasteiger partial charge in [0, 0.05) is 30.0 Å². The number of fused-ring (bicyclic) bond motifs is 2. The zero-order chi connectivity index (χ0) is 56.7. The molecule has 78 heavy (non-hydrogen) atoms. The second-order valence-corrected chi connectivity index (χ2v) is 29.1. The summed E-state index contributed by atoms with van der Waals surface area (Å²) in [5.41, 5.74) is 0.255. The number of rotatable bonds is 25. The van der Waals surface area contributed by atoms with Gasteiger partial charge in [-0.3, -0.25) is 42.9 Å². The molecular formula is C49H70N14O12P2Si. The lowest BCUT2D eigenvalue weighted by Crippen LogP contribution is -2.52. The summed E-state index contributed by atoms with van der Waals surface area (Å²) >= 11 is 0. The number of nitrogens with zero attached hydrogens (tertiary/aromatic N) is 10. The number of benzene rings is 1. The molecule has 0 bridgehead atoms. The number of anilines is 2. The average molecular weight is 1140 g/mol. The van der Waals surface area contributed by atoms with E-state index in [0.29, 0.717) is 5.56 Å². The smallest absolute Gasteiger partial charge is 0.406 e. The predicted octanol–water partition coefficient (Wildman–Crippen LogP) is 7.05. The average Bonchev–Trinajstić information content (AvgIpc) is 4.18. The van der Waals surface area contributed by atoms with Crippen molar-refractivity contribution in [1.82, 2.24) is 48.8 Å². The normalized spacial score (nSPS) is 22.1. The third-order valence-electron chi connectivity index (χ3n) is 13.3. The summed E-state index contributed by atoms with van der Waals surface area (Å²) in [7, 11) is -9.24. The van der Waals surface area contributed by atoms with Crippen LogP contribution in [0.3, 0.4) is 0 Å². The molecule has 0 radical (unpaired) electrons. The van der Waals surface area contributed by atoms with Gasteiger partial charge in [-0.25, -0.2) is 34.3 Å². The maximum Gasteiger partial charge on any atom is 0.406 e. The first-order chi connectivity index (χ1) is 36.9. The van der Waals surface area contributed by atoms with Crippen molar-refractivity contribution in [2.24, 2.45) is 5.92 Å². The molecule has 2 fully saturated rings. The van der Waals surface area contributed by atoms with Crippen molar-refractivity contribution in [2.45, 2.75) is 155 Å². The zero-order valence-electron chi connectivity index (χ0n) is 45.6. The van der Waals surface area contributed by atoms with E-state index in [1.807, 2.05) is 33.8 Å². The van der Waals surface area contributed by atoms with Crippen molar-refractivity contribution in [3.8, 4) is 12.1 Å². The Hall–Kier alpha value is -5.48. The van der Waals surface area contributed by atoms with E-state index in [-0.39, 0.29) is 96.2 Å². The van der Waals surface area contributed by atoms with Crippen molar-refractivity contribution in [1.29, 1.82) is 10.5 Å². The number of carbonyl (C=O) groups is 2. The van der Waals surface area contributed by atoms with Crippen molar-refractivity contribution < 1.29 is 51.3 Å². The number of hydrogen-bond acceptors (Lipinski definition) is 20. The maximum absolute atomic E-state index is 15.5. The maximum atomic E-state index is 15.5. The first kappa shape index (κ1) is 60.2. The molecule has 2 unspecified atom stereocenters. The minimum atomic E-state index is -4.58. The Bertz CT molecular complexity index is 3060. The third kappa shape index (κ3) is 14.1. The Labute approximate surface area is 454 Å². The number of nitrogens with one attached hydrogen (secondary N) is 4. The number of imidazole rings is 2. The number of amides is 2. The fourth-order valence-electron chi connectivity index (χ4n) is 8.46. The van der Waals surface area contributed by atoms with Gasteiger partial charge in [0.2, 0.25) is 11.9 Å². The molecular weight excluding hydrogens is 1070 g/mol. The van der Waals surface area contributed by atoms with Crippen LogP contribution in [0.1, 0.15) is 104 Å². The van der Waals surface area contributed by atoms with Gasteiger partial charge in [0.15, 0.2) is 48.9 Å². The summed E-state index contributed by atoms with van der Waals surface area (Å²) < 4.78 is 66.5. The second-order valence-electron chi connectivity index (χ2n) is 21.1. The lowest BCUT2D eigenvalue weighted by molar-refractivity contribution is -0.118. The number of aliphatic hydroxyl groups excluding tert-OH is 1. The molecule has 29 heteroatoms. The first-order valence-electron chi connectivity index (χ1n) is 25.7. The Morgan fingerprint density at radius 3 is 2.23 bits per heavy atom.